The van der Waals surface area contributed by atoms with Gasteiger partial charge >= 0.3 is 0 Å². The zero-order valence-corrected chi connectivity index (χ0v) is 10.7. The molecule has 0 saturated heterocycles. The summed E-state index contributed by atoms with van der Waals surface area (Å²) in [7, 11) is 1.72. The van der Waals surface area contributed by atoms with Crippen LogP contribution in [0.3, 0.4) is 0 Å². The van der Waals surface area contributed by atoms with Gasteiger partial charge in [-0.25, -0.2) is 0 Å². The van der Waals surface area contributed by atoms with Crippen molar-refractivity contribution in [3.05, 3.63) is 47.5 Å². The van der Waals surface area contributed by atoms with Gasteiger partial charge in [0.2, 0.25) is 5.91 Å². The molecular formula is C13H17ClN2O. The van der Waals surface area contributed by atoms with Crippen molar-refractivity contribution in [1.82, 2.24) is 4.90 Å². The van der Waals surface area contributed by atoms with E-state index in [9.17, 15) is 4.79 Å². The van der Waals surface area contributed by atoms with Crippen molar-refractivity contribution in [2.75, 3.05) is 7.05 Å². The smallest absolute Gasteiger partial charge is 0.239 e. The highest BCUT2D eigenvalue weighted by atomic mass is 35.5. The normalized spacial score (nSPS) is 11.9. The molecule has 1 amide bonds. The number of amides is 1. The van der Waals surface area contributed by atoms with Crippen LogP contribution in [-0.4, -0.2) is 23.9 Å². The highest BCUT2D eigenvalue weighted by Crippen LogP contribution is 2.16. The highest BCUT2D eigenvalue weighted by Gasteiger charge is 2.17. The van der Waals surface area contributed by atoms with Gasteiger partial charge in [-0.1, -0.05) is 35.9 Å². The van der Waals surface area contributed by atoms with Crippen LogP contribution in [0.1, 0.15) is 12.0 Å². The Kier molecular flexibility index (Phi) is 5.19. The molecule has 0 bridgehead atoms. The predicted molar refractivity (Wildman–Crippen MR) is 70.7 cm³/mol. The molecule has 0 aliphatic rings. The quantitative estimate of drug-likeness (QED) is 0.817. The zero-order valence-electron chi connectivity index (χ0n) is 9.90. The zero-order chi connectivity index (χ0) is 12.8. The first kappa shape index (κ1) is 13.7. The number of nitrogens with zero attached hydrogens (tertiary/aromatic N) is 1. The van der Waals surface area contributed by atoms with Crippen LogP contribution in [0.4, 0.5) is 0 Å². The molecule has 0 aromatic heterocycles. The number of likely N-dealkylation sites (N-methyl/N-ethyl adjacent to an activating group) is 1. The minimum Gasteiger partial charge on any atom is -0.340 e. The lowest BCUT2D eigenvalue weighted by molar-refractivity contribution is -0.131. The lowest BCUT2D eigenvalue weighted by Gasteiger charge is -2.21. The van der Waals surface area contributed by atoms with Gasteiger partial charge in [0.05, 0.1) is 6.04 Å². The molecule has 1 atom stereocenters. The first-order valence-electron chi connectivity index (χ1n) is 5.41. The third kappa shape index (κ3) is 3.88. The summed E-state index contributed by atoms with van der Waals surface area (Å²) in [6.45, 7) is 4.03. The molecule has 92 valence electrons. The molecule has 17 heavy (non-hydrogen) atoms. The number of carbonyl (C=O) groups excluding carboxylic acids is 1. The molecule has 1 aromatic rings. The lowest BCUT2D eigenvalue weighted by Crippen LogP contribution is -2.41. The minimum atomic E-state index is -0.528. The van der Waals surface area contributed by atoms with Gasteiger partial charge in [0.1, 0.15) is 0 Å². The van der Waals surface area contributed by atoms with Crippen LogP contribution >= 0.6 is 11.6 Å². The van der Waals surface area contributed by atoms with Crippen molar-refractivity contribution in [2.24, 2.45) is 5.73 Å². The van der Waals surface area contributed by atoms with E-state index in [1.807, 2.05) is 18.2 Å². The third-order valence-corrected chi connectivity index (χ3v) is 2.85. The fourth-order valence-electron chi connectivity index (χ4n) is 1.52. The van der Waals surface area contributed by atoms with Gasteiger partial charge in [-0.2, -0.15) is 0 Å². The van der Waals surface area contributed by atoms with Crippen LogP contribution in [0.5, 0.6) is 0 Å². The largest absolute Gasteiger partial charge is 0.340 e. The second-order valence-corrected chi connectivity index (χ2v) is 4.32. The number of nitrogens with two attached hydrogens (primary N) is 1. The summed E-state index contributed by atoms with van der Waals surface area (Å²) in [6.07, 6.45) is 2.12. The molecule has 0 heterocycles. The van der Waals surface area contributed by atoms with E-state index in [2.05, 4.69) is 6.58 Å². The topological polar surface area (TPSA) is 46.3 Å². The molecule has 3 nitrogen and oxygen atoms in total. The fraction of sp³-hybridized carbons (Fsp3) is 0.308. The summed E-state index contributed by atoms with van der Waals surface area (Å²) in [4.78, 5) is 13.4. The number of rotatable bonds is 5. The van der Waals surface area contributed by atoms with Crippen molar-refractivity contribution in [1.29, 1.82) is 0 Å². The van der Waals surface area contributed by atoms with E-state index in [-0.39, 0.29) is 5.91 Å². The second kappa shape index (κ2) is 6.42. The van der Waals surface area contributed by atoms with Gasteiger partial charge in [-0.15, -0.1) is 6.58 Å². The summed E-state index contributed by atoms with van der Waals surface area (Å²) in [5.41, 5.74) is 6.64. The monoisotopic (exact) mass is 252 g/mol. The average molecular weight is 253 g/mol. The van der Waals surface area contributed by atoms with Gasteiger partial charge < -0.3 is 10.6 Å². The molecule has 0 radical (unpaired) electrons. The summed E-state index contributed by atoms with van der Waals surface area (Å²) < 4.78 is 0. The highest BCUT2D eigenvalue weighted by molar-refractivity contribution is 6.31. The van der Waals surface area contributed by atoms with E-state index in [1.165, 1.54) is 0 Å². The van der Waals surface area contributed by atoms with E-state index < -0.39 is 6.04 Å². The molecule has 1 rings (SSSR count). The van der Waals surface area contributed by atoms with Crippen LogP contribution < -0.4 is 5.73 Å². The summed E-state index contributed by atoms with van der Waals surface area (Å²) >= 11 is 6.03. The molecule has 2 N–H and O–H groups in total. The van der Waals surface area contributed by atoms with E-state index in [1.54, 1.807) is 24.1 Å². The van der Waals surface area contributed by atoms with Gasteiger partial charge in [0.15, 0.2) is 0 Å². The fourth-order valence-corrected chi connectivity index (χ4v) is 1.72. The average Bonchev–Trinajstić information content (AvgIpc) is 2.31. The molecule has 0 spiro atoms. The van der Waals surface area contributed by atoms with Crippen molar-refractivity contribution >= 4 is 17.5 Å². The van der Waals surface area contributed by atoms with Crippen LogP contribution in [0.15, 0.2) is 36.9 Å². The predicted octanol–water partition coefficient (Wildman–Crippen LogP) is 2.20. The van der Waals surface area contributed by atoms with Gasteiger partial charge in [0, 0.05) is 18.6 Å². The number of hydrogen-bond donors (Lipinski definition) is 1. The first-order valence-corrected chi connectivity index (χ1v) is 5.79. The van der Waals surface area contributed by atoms with Gasteiger partial charge in [-0.05, 0) is 18.1 Å². The molecule has 0 aliphatic carbocycles. The Hall–Kier alpha value is -1.32. The Labute approximate surface area is 107 Å². The van der Waals surface area contributed by atoms with Crippen molar-refractivity contribution in [3.8, 4) is 0 Å². The number of benzene rings is 1. The minimum absolute atomic E-state index is 0.107. The van der Waals surface area contributed by atoms with E-state index in [4.69, 9.17) is 17.3 Å². The summed E-state index contributed by atoms with van der Waals surface area (Å²) in [6, 6.07) is 6.92. The molecule has 1 aromatic carbocycles. The molecule has 0 aliphatic heterocycles. The molecule has 0 saturated carbocycles. The number of carbonyl (C=O) groups is 1. The van der Waals surface area contributed by atoms with Crippen LogP contribution in [-0.2, 0) is 11.3 Å². The summed E-state index contributed by atoms with van der Waals surface area (Å²) in [5.74, 6) is -0.107. The third-order valence-electron chi connectivity index (χ3n) is 2.48. The van der Waals surface area contributed by atoms with E-state index in [0.717, 1.165) is 5.56 Å². The van der Waals surface area contributed by atoms with Crippen molar-refractivity contribution < 1.29 is 4.79 Å². The lowest BCUT2D eigenvalue weighted by atomic mass is 10.1. The van der Waals surface area contributed by atoms with Gasteiger partial charge in [0.25, 0.3) is 0 Å². The summed E-state index contributed by atoms with van der Waals surface area (Å²) in [5, 5.41) is 0.657. The maximum Gasteiger partial charge on any atom is 0.239 e. The Bertz CT molecular complexity index is 406. The van der Waals surface area contributed by atoms with Crippen LogP contribution in [0.2, 0.25) is 5.02 Å². The van der Waals surface area contributed by atoms with Crippen LogP contribution in [0, 0.1) is 0 Å². The first-order chi connectivity index (χ1) is 8.06. The number of halogens is 1. The van der Waals surface area contributed by atoms with E-state index in [0.29, 0.717) is 18.0 Å². The molecule has 0 fully saturated rings. The molecule has 4 heteroatoms. The number of hydrogen-bond acceptors (Lipinski definition) is 2. The standard InChI is InChI=1S/C13H17ClN2O/c1-3-6-12(15)13(17)16(2)9-10-7-4-5-8-11(10)14/h3-5,7-8,12H,1,6,9,15H2,2H3. The Morgan fingerprint density at radius 2 is 2.24 bits per heavy atom. The maximum atomic E-state index is 11.9. The molecular weight excluding hydrogens is 236 g/mol. The Balaban J connectivity index is 2.66. The maximum absolute atomic E-state index is 11.9. The van der Waals surface area contributed by atoms with Crippen LogP contribution in [0.25, 0.3) is 0 Å². The van der Waals surface area contributed by atoms with Gasteiger partial charge in [-0.3, -0.25) is 4.79 Å². The SMILES string of the molecule is C=CCC(N)C(=O)N(C)Cc1ccccc1Cl. The molecule has 1 unspecified atom stereocenters. The Morgan fingerprint density at radius 3 is 2.82 bits per heavy atom. The van der Waals surface area contributed by atoms with Crippen molar-refractivity contribution in [3.63, 3.8) is 0 Å². The van der Waals surface area contributed by atoms with Crippen molar-refractivity contribution in [2.45, 2.75) is 19.0 Å². The second-order valence-electron chi connectivity index (χ2n) is 3.92. The van der Waals surface area contributed by atoms with E-state index >= 15 is 0 Å². The Morgan fingerprint density at radius 1 is 1.59 bits per heavy atom.